The Bertz CT molecular complexity index is 1140. The maximum atomic E-state index is 12.9. The molecule has 2 amide bonds. The average Bonchev–Trinajstić information content (AvgIpc) is 3.14. The van der Waals surface area contributed by atoms with Gasteiger partial charge in [-0.1, -0.05) is 30.3 Å². The van der Waals surface area contributed by atoms with Gasteiger partial charge in [0.25, 0.3) is 11.8 Å². The predicted molar refractivity (Wildman–Crippen MR) is 107 cm³/mol. The molecule has 0 fully saturated rings. The maximum absolute atomic E-state index is 12.9. The van der Waals surface area contributed by atoms with Crippen LogP contribution in [0.2, 0.25) is 0 Å². The fourth-order valence-electron chi connectivity index (χ4n) is 3.04. The highest BCUT2D eigenvalue weighted by Gasteiger charge is 2.32. The van der Waals surface area contributed by atoms with E-state index >= 15 is 0 Å². The Morgan fingerprint density at radius 1 is 1.12 bits per heavy atom. The molecule has 32 heavy (non-hydrogen) atoms. The molecular weight excluding hydrogens is 427 g/mol. The number of benzene rings is 1. The van der Waals surface area contributed by atoms with Gasteiger partial charge < -0.3 is 11.1 Å². The number of nitrogens with one attached hydrogen (secondary N) is 1. The van der Waals surface area contributed by atoms with Crippen molar-refractivity contribution in [3.8, 4) is 11.3 Å². The molecule has 0 aliphatic carbocycles. The lowest BCUT2D eigenvalue weighted by Gasteiger charge is -2.16. The molecule has 2 aromatic heterocycles. The molecule has 3 N–H and O–H groups in total. The van der Waals surface area contributed by atoms with Crippen LogP contribution in [0.3, 0.4) is 0 Å². The van der Waals surface area contributed by atoms with Crippen molar-refractivity contribution in [3.63, 3.8) is 0 Å². The monoisotopic (exact) mass is 445 g/mol. The van der Waals surface area contributed by atoms with Crippen molar-refractivity contribution in [2.24, 2.45) is 12.8 Å². The van der Waals surface area contributed by atoms with Gasteiger partial charge in [-0.05, 0) is 17.7 Å². The van der Waals surface area contributed by atoms with Gasteiger partial charge in [0.2, 0.25) is 5.78 Å². The van der Waals surface area contributed by atoms with Crippen molar-refractivity contribution in [2.45, 2.75) is 18.6 Å². The van der Waals surface area contributed by atoms with E-state index in [0.29, 0.717) is 5.56 Å². The number of ketones is 1. The van der Waals surface area contributed by atoms with Crippen molar-refractivity contribution >= 4 is 17.6 Å². The molecule has 3 rings (SSSR count). The third-order valence-corrected chi connectivity index (χ3v) is 4.55. The number of nitrogens with two attached hydrogens (primary N) is 1. The van der Waals surface area contributed by atoms with Gasteiger partial charge in [-0.3, -0.25) is 24.0 Å². The summed E-state index contributed by atoms with van der Waals surface area (Å²) in [6, 6.07) is 9.37. The van der Waals surface area contributed by atoms with Crippen LogP contribution in [-0.4, -0.2) is 38.4 Å². The van der Waals surface area contributed by atoms with Crippen molar-refractivity contribution < 1.29 is 27.6 Å². The number of aryl methyl sites for hydroxylation is 1. The number of hydrogen-bond donors (Lipinski definition) is 2. The summed E-state index contributed by atoms with van der Waals surface area (Å²) in [4.78, 5) is 40.1. The first-order valence-corrected chi connectivity index (χ1v) is 9.32. The second-order valence-corrected chi connectivity index (χ2v) is 6.94. The highest BCUT2D eigenvalue weighted by molar-refractivity contribution is 6.38. The Hall–Kier alpha value is -4.02. The number of rotatable bonds is 7. The number of primary amides is 1. The molecule has 3 aromatic rings. The van der Waals surface area contributed by atoms with Crippen LogP contribution >= 0.6 is 0 Å². The summed E-state index contributed by atoms with van der Waals surface area (Å²) in [5.41, 5.74) is 4.95. The topological polar surface area (TPSA) is 120 Å². The first-order valence-electron chi connectivity index (χ1n) is 9.32. The third-order valence-electron chi connectivity index (χ3n) is 4.55. The first-order chi connectivity index (χ1) is 15.1. The Balaban J connectivity index is 1.89. The molecule has 0 bridgehead atoms. The summed E-state index contributed by atoms with van der Waals surface area (Å²) < 4.78 is 39.6. The highest BCUT2D eigenvalue weighted by atomic mass is 19.4. The van der Waals surface area contributed by atoms with E-state index in [2.05, 4.69) is 15.4 Å². The number of nitrogens with zero attached hydrogens (tertiary/aromatic N) is 3. The van der Waals surface area contributed by atoms with Crippen molar-refractivity contribution in [1.82, 2.24) is 20.1 Å². The van der Waals surface area contributed by atoms with E-state index in [0.717, 1.165) is 18.3 Å². The van der Waals surface area contributed by atoms with Crippen LogP contribution in [0.4, 0.5) is 13.2 Å². The SMILES string of the molecule is Cn1cc(C(=O)NC(Cc2ccccc2)C(=O)C(N)=O)c(-c2ccc(C(F)(F)F)nc2)n1. The van der Waals surface area contributed by atoms with Crippen LogP contribution in [0.15, 0.2) is 54.9 Å². The number of Topliss-reactive ketones (excluding diaryl/α,β-unsaturated/α-hetero) is 1. The molecule has 0 saturated carbocycles. The quantitative estimate of drug-likeness (QED) is 0.539. The molecule has 166 valence electrons. The normalized spacial score (nSPS) is 12.2. The number of pyridine rings is 1. The Kier molecular flexibility index (Phi) is 6.37. The summed E-state index contributed by atoms with van der Waals surface area (Å²) in [5.74, 6) is -2.93. The number of alkyl halides is 3. The molecule has 11 heteroatoms. The number of amides is 2. The summed E-state index contributed by atoms with van der Waals surface area (Å²) in [6.07, 6.45) is -2.29. The van der Waals surface area contributed by atoms with E-state index in [1.54, 1.807) is 30.3 Å². The minimum absolute atomic E-state index is 0.00982. The zero-order valence-corrected chi connectivity index (χ0v) is 16.8. The molecule has 1 aromatic carbocycles. The summed E-state index contributed by atoms with van der Waals surface area (Å²) >= 11 is 0. The van der Waals surface area contributed by atoms with Crippen molar-refractivity contribution in [2.75, 3.05) is 0 Å². The fourth-order valence-corrected chi connectivity index (χ4v) is 3.04. The average molecular weight is 445 g/mol. The van der Waals surface area contributed by atoms with Gasteiger partial charge in [0, 0.05) is 31.4 Å². The van der Waals surface area contributed by atoms with E-state index < -0.39 is 35.5 Å². The molecule has 0 aliphatic rings. The molecule has 2 heterocycles. The molecular formula is C21H18F3N5O3. The lowest BCUT2D eigenvalue weighted by Crippen LogP contribution is -2.47. The maximum Gasteiger partial charge on any atom is 0.433 e. The summed E-state index contributed by atoms with van der Waals surface area (Å²) in [6.45, 7) is 0. The van der Waals surface area contributed by atoms with Gasteiger partial charge in [0.05, 0.1) is 5.56 Å². The van der Waals surface area contributed by atoms with Crippen LogP contribution in [-0.2, 0) is 29.2 Å². The largest absolute Gasteiger partial charge is 0.433 e. The van der Waals surface area contributed by atoms with Gasteiger partial charge >= 0.3 is 6.18 Å². The van der Waals surface area contributed by atoms with E-state index in [9.17, 15) is 27.6 Å². The number of halogens is 3. The molecule has 1 atom stereocenters. The van der Waals surface area contributed by atoms with E-state index in [1.807, 2.05) is 0 Å². The number of aromatic nitrogens is 3. The van der Waals surface area contributed by atoms with Crippen LogP contribution in [0.1, 0.15) is 21.6 Å². The number of hydrogen-bond acceptors (Lipinski definition) is 5. The van der Waals surface area contributed by atoms with Gasteiger partial charge in [0.15, 0.2) is 0 Å². The number of carbonyl (C=O) groups excluding carboxylic acids is 3. The van der Waals surface area contributed by atoms with Crippen molar-refractivity contribution in [3.05, 3.63) is 71.7 Å². The zero-order chi connectivity index (χ0) is 23.5. The second-order valence-electron chi connectivity index (χ2n) is 6.94. The van der Waals surface area contributed by atoms with Gasteiger partial charge in [0.1, 0.15) is 17.4 Å². The van der Waals surface area contributed by atoms with Crippen LogP contribution in [0, 0.1) is 0 Å². The smallest absolute Gasteiger partial charge is 0.363 e. The minimum atomic E-state index is -4.61. The molecule has 0 aliphatic heterocycles. The van der Waals surface area contributed by atoms with E-state index in [4.69, 9.17) is 5.73 Å². The molecule has 0 radical (unpaired) electrons. The highest BCUT2D eigenvalue weighted by Crippen LogP contribution is 2.29. The number of carbonyl (C=O) groups is 3. The molecule has 8 nitrogen and oxygen atoms in total. The second kappa shape index (κ2) is 9.00. The first kappa shape index (κ1) is 22.7. The van der Waals surface area contributed by atoms with Gasteiger partial charge in [-0.15, -0.1) is 0 Å². The van der Waals surface area contributed by atoms with Crippen molar-refractivity contribution in [1.29, 1.82) is 0 Å². The fraction of sp³-hybridized carbons (Fsp3) is 0.190. The molecule has 1 unspecified atom stereocenters. The van der Waals surface area contributed by atoms with Gasteiger partial charge in [-0.25, -0.2) is 0 Å². The van der Waals surface area contributed by atoms with Gasteiger partial charge in [-0.2, -0.15) is 18.3 Å². The standard InChI is InChI=1S/C21H18F3N5O3/c1-29-11-14(17(28-29)13-7-8-16(26-10-13)21(22,23)24)20(32)27-15(18(30)19(25)31)9-12-5-3-2-4-6-12/h2-8,10-11,15H,9H2,1H3,(H2,25,31)(H,27,32). The molecule has 0 saturated heterocycles. The Morgan fingerprint density at radius 3 is 2.38 bits per heavy atom. The van der Waals surface area contributed by atoms with Crippen LogP contribution in [0.25, 0.3) is 11.3 Å². The Morgan fingerprint density at radius 2 is 1.81 bits per heavy atom. The zero-order valence-electron chi connectivity index (χ0n) is 16.8. The predicted octanol–water partition coefficient (Wildman–Crippen LogP) is 1.90. The molecule has 0 spiro atoms. The summed E-state index contributed by atoms with van der Waals surface area (Å²) in [7, 11) is 1.52. The minimum Gasteiger partial charge on any atom is -0.363 e. The third kappa shape index (κ3) is 5.17. The Labute approximate surface area is 180 Å². The van der Waals surface area contributed by atoms with Crippen LogP contribution < -0.4 is 11.1 Å². The van der Waals surface area contributed by atoms with E-state index in [-0.39, 0.29) is 23.2 Å². The lowest BCUT2D eigenvalue weighted by molar-refractivity contribution is -0.141. The van der Waals surface area contributed by atoms with Crippen LogP contribution in [0.5, 0.6) is 0 Å². The van der Waals surface area contributed by atoms with E-state index in [1.165, 1.54) is 17.9 Å². The lowest BCUT2D eigenvalue weighted by atomic mass is 10.0. The summed E-state index contributed by atoms with van der Waals surface area (Å²) in [5, 5.41) is 6.60.